The largest absolute Gasteiger partial charge is 0.465 e. The van der Waals surface area contributed by atoms with Crippen molar-refractivity contribution in [1.29, 1.82) is 0 Å². The summed E-state index contributed by atoms with van der Waals surface area (Å²) >= 11 is 0. The minimum Gasteiger partial charge on any atom is -0.465 e. The normalized spacial score (nSPS) is 19.1. The van der Waals surface area contributed by atoms with E-state index in [9.17, 15) is 4.79 Å². The zero-order chi connectivity index (χ0) is 16.5. The molecule has 1 aromatic carbocycles. The van der Waals surface area contributed by atoms with Crippen molar-refractivity contribution in [2.75, 3.05) is 19.8 Å². The van der Waals surface area contributed by atoms with E-state index in [4.69, 9.17) is 18.9 Å². The molecule has 2 unspecified atom stereocenters. The van der Waals surface area contributed by atoms with Crippen LogP contribution >= 0.6 is 0 Å². The Hall–Kier alpha value is -1.59. The molecule has 0 amide bonds. The zero-order valence-electron chi connectivity index (χ0n) is 14.0. The summed E-state index contributed by atoms with van der Waals surface area (Å²) in [6, 6.07) is 7.70. The second kappa shape index (κ2) is 9.53. The van der Waals surface area contributed by atoms with Gasteiger partial charge >= 0.3 is 5.97 Å². The van der Waals surface area contributed by atoms with E-state index in [1.54, 1.807) is 6.92 Å². The van der Waals surface area contributed by atoms with Crippen molar-refractivity contribution >= 4 is 5.97 Å². The number of benzene rings is 1. The number of carbonyl (C=O) groups excluding carboxylic acids is 1. The van der Waals surface area contributed by atoms with Crippen LogP contribution in [0.4, 0.5) is 0 Å². The number of hydrogen-bond acceptors (Lipinski definition) is 5. The van der Waals surface area contributed by atoms with Gasteiger partial charge in [-0.1, -0.05) is 18.2 Å². The first-order valence-corrected chi connectivity index (χ1v) is 8.39. The van der Waals surface area contributed by atoms with Crippen LogP contribution in [0, 0.1) is 0 Å². The third kappa shape index (κ3) is 5.52. The Bertz CT molecular complexity index is 482. The van der Waals surface area contributed by atoms with Crippen molar-refractivity contribution in [2.45, 2.75) is 51.9 Å². The Balaban J connectivity index is 2.06. The average Bonchev–Trinajstić information content (AvgIpc) is 2.57. The summed E-state index contributed by atoms with van der Waals surface area (Å²) in [7, 11) is 0. The van der Waals surface area contributed by atoms with E-state index >= 15 is 0 Å². The highest BCUT2D eigenvalue weighted by molar-refractivity contribution is 5.75. The molecule has 0 aliphatic carbocycles. The van der Waals surface area contributed by atoms with Crippen LogP contribution in [0.25, 0.3) is 0 Å². The van der Waals surface area contributed by atoms with Crippen LogP contribution in [0.5, 0.6) is 5.75 Å². The van der Waals surface area contributed by atoms with E-state index in [0.29, 0.717) is 19.6 Å². The van der Waals surface area contributed by atoms with E-state index in [1.807, 2.05) is 31.2 Å². The number of carbonyl (C=O) groups is 1. The molecule has 23 heavy (non-hydrogen) atoms. The molecule has 0 saturated carbocycles. The van der Waals surface area contributed by atoms with Crippen molar-refractivity contribution in [1.82, 2.24) is 0 Å². The summed E-state index contributed by atoms with van der Waals surface area (Å²) in [5, 5.41) is 0. The van der Waals surface area contributed by atoms with Gasteiger partial charge in [0.05, 0.1) is 13.2 Å². The fourth-order valence-electron chi connectivity index (χ4n) is 2.58. The highest BCUT2D eigenvalue weighted by Crippen LogP contribution is 2.25. The van der Waals surface area contributed by atoms with E-state index in [2.05, 4.69) is 0 Å². The average molecular weight is 322 g/mol. The van der Waals surface area contributed by atoms with Gasteiger partial charge in [0.25, 0.3) is 0 Å². The van der Waals surface area contributed by atoms with Crippen molar-refractivity contribution in [3.8, 4) is 5.75 Å². The van der Waals surface area contributed by atoms with Gasteiger partial charge in [-0.2, -0.15) is 0 Å². The summed E-state index contributed by atoms with van der Waals surface area (Å²) in [6.45, 7) is 5.19. The second-order valence-electron chi connectivity index (χ2n) is 5.42. The van der Waals surface area contributed by atoms with Gasteiger partial charge in [0.2, 0.25) is 0 Å². The highest BCUT2D eigenvalue weighted by Gasteiger charge is 2.23. The Morgan fingerprint density at radius 2 is 2.09 bits per heavy atom. The molecule has 128 valence electrons. The van der Waals surface area contributed by atoms with Crippen molar-refractivity contribution in [2.24, 2.45) is 0 Å². The van der Waals surface area contributed by atoms with Gasteiger partial charge in [0, 0.05) is 19.4 Å². The fraction of sp³-hybridized carbons (Fsp3) is 0.611. The van der Waals surface area contributed by atoms with Gasteiger partial charge in [-0.15, -0.1) is 0 Å². The monoisotopic (exact) mass is 322 g/mol. The maximum Gasteiger partial charge on any atom is 0.335 e. The minimum absolute atomic E-state index is 0.210. The molecule has 2 rings (SSSR count). The molecule has 0 aromatic heterocycles. The molecule has 0 bridgehead atoms. The first kappa shape index (κ1) is 17.8. The van der Waals surface area contributed by atoms with Gasteiger partial charge in [-0.05, 0) is 38.3 Å². The van der Waals surface area contributed by atoms with Crippen LogP contribution in [0.1, 0.15) is 38.7 Å². The lowest BCUT2D eigenvalue weighted by atomic mass is 10.1. The standard InChI is InChI=1S/C18H26O5/c1-3-20-16(18(19)21-4-2)13-14-9-5-6-10-15(14)23-17-11-7-8-12-22-17/h5-6,9-10,16-17H,3-4,7-8,11-13H2,1-2H3. The Morgan fingerprint density at radius 3 is 2.78 bits per heavy atom. The third-order valence-electron chi connectivity index (χ3n) is 3.69. The molecular weight excluding hydrogens is 296 g/mol. The number of ether oxygens (including phenoxy) is 4. The van der Waals surface area contributed by atoms with Crippen LogP contribution in [0.2, 0.25) is 0 Å². The minimum atomic E-state index is -0.614. The Morgan fingerprint density at radius 1 is 1.26 bits per heavy atom. The van der Waals surface area contributed by atoms with Gasteiger partial charge in [-0.3, -0.25) is 0 Å². The highest BCUT2D eigenvalue weighted by atomic mass is 16.7. The van der Waals surface area contributed by atoms with E-state index in [0.717, 1.165) is 37.2 Å². The fourth-order valence-corrected chi connectivity index (χ4v) is 2.58. The molecule has 0 radical (unpaired) electrons. The van der Waals surface area contributed by atoms with Gasteiger partial charge < -0.3 is 18.9 Å². The molecule has 1 heterocycles. The number of hydrogen-bond donors (Lipinski definition) is 0. The topological polar surface area (TPSA) is 54.0 Å². The van der Waals surface area contributed by atoms with Crippen molar-refractivity contribution in [3.63, 3.8) is 0 Å². The summed E-state index contributed by atoms with van der Waals surface area (Å²) in [4.78, 5) is 12.0. The summed E-state index contributed by atoms with van der Waals surface area (Å²) in [6.07, 6.45) is 2.68. The number of esters is 1. The van der Waals surface area contributed by atoms with E-state index < -0.39 is 6.10 Å². The summed E-state index contributed by atoms with van der Waals surface area (Å²) in [5.41, 5.74) is 0.924. The molecule has 1 saturated heterocycles. The lowest BCUT2D eigenvalue weighted by molar-refractivity contribution is -0.156. The molecular formula is C18H26O5. The Kier molecular flexibility index (Phi) is 7.36. The van der Waals surface area contributed by atoms with E-state index in [-0.39, 0.29) is 12.3 Å². The summed E-state index contributed by atoms with van der Waals surface area (Å²) in [5.74, 6) is 0.409. The molecule has 1 aliphatic rings. The number of para-hydroxylation sites is 1. The molecule has 1 aromatic rings. The first-order chi connectivity index (χ1) is 11.2. The lowest BCUT2D eigenvalue weighted by Gasteiger charge is -2.25. The maximum absolute atomic E-state index is 12.0. The Labute approximate surface area is 137 Å². The predicted octanol–water partition coefficient (Wildman–Crippen LogP) is 3.10. The SMILES string of the molecule is CCOC(=O)C(Cc1ccccc1OC1CCCCO1)OCC. The van der Waals surface area contributed by atoms with Gasteiger partial charge in [0.1, 0.15) is 5.75 Å². The maximum atomic E-state index is 12.0. The molecule has 5 nitrogen and oxygen atoms in total. The van der Waals surface area contributed by atoms with Gasteiger partial charge in [0.15, 0.2) is 12.4 Å². The predicted molar refractivity (Wildman–Crippen MR) is 86.4 cm³/mol. The molecule has 0 N–H and O–H groups in total. The molecule has 1 aliphatic heterocycles. The zero-order valence-corrected chi connectivity index (χ0v) is 14.0. The van der Waals surface area contributed by atoms with Crippen LogP contribution in [-0.4, -0.2) is 38.2 Å². The molecule has 1 fully saturated rings. The first-order valence-electron chi connectivity index (χ1n) is 8.39. The molecule has 0 spiro atoms. The van der Waals surface area contributed by atoms with Crippen molar-refractivity contribution in [3.05, 3.63) is 29.8 Å². The summed E-state index contributed by atoms with van der Waals surface area (Å²) < 4.78 is 22.2. The van der Waals surface area contributed by atoms with Crippen molar-refractivity contribution < 1.29 is 23.7 Å². The quantitative estimate of drug-likeness (QED) is 0.688. The third-order valence-corrected chi connectivity index (χ3v) is 3.69. The lowest BCUT2D eigenvalue weighted by Crippen LogP contribution is -2.30. The second-order valence-corrected chi connectivity index (χ2v) is 5.42. The molecule has 2 atom stereocenters. The van der Waals surface area contributed by atoms with Gasteiger partial charge in [-0.25, -0.2) is 4.79 Å². The van der Waals surface area contributed by atoms with Crippen LogP contribution in [0.3, 0.4) is 0 Å². The van der Waals surface area contributed by atoms with Crippen LogP contribution in [-0.2, 0) is 25.4 Å². The molecule has 5 heteroatoms. The van der Waals surface area contributed by atoms with E-state index in [1.165, 1.54) is 0 Å². The van der Waals surface area contributed by atoms with Crippen LogP contribution in [0.15, 0.2) is 24.3 Å². The smallest absolute Gasteiger partial charge is 0.335 e. The van der Waals surface area contributed by atoms with Crippen LogP contribution < -0.4 is 4.74 Å². The number of rotatable bonds is 8.